The fraction of sp³-hybridized carbons (Fsp3) is 0.167. The molecule has 0 aliphatic carbocycles. The first-order valence-corrected chi connectivity index (χ1v) is 10.8. The van der Waals surface area contributed by atoms with Crippen LogP contribution in [0.1, 0.15) is 16.8 Å². The lowest BCUT2D eigenvalue weighted by Gasteiger charge is -2.11. The summed E-state index contributed by atoms with van der Waals surface area (Å²) < 4.78 is 2.13. The largest absolute Gasteiger partial charge is 0.316 e. The van der Waals surface area contributed by atoms with Gasteiger partial charge < -0.3 is 4.57 Å². The zero-order valence-corrected chi connectivity index (χ0v) is 18.2. The number of thiazole rings is 1. The monoisotopic (exact) mass is 430 g/mol. The van der Waals surface area contributed by atoms with Crippen molar-refractivity contribution in [2.75, 3.05) is 0 Å². The molecule has 2 aromatic carbocycles. The van der Waals surface area contributed by atoms with Crippen molar-refractivity contribution >= 4 is 22.7 Å². The molecule has 156 valence electrons. The molecule has 7 heteroatoms. The van der Waals surface area contributed by atoms with E-state index in [0.717, 1.165) is 28.2 Å². The van der Waals surface area contributed by atoms with E-state index in [-0.39, 0.29) is 5.69 Å². The van der Waals surface area contributed by atoms with Crippen LogP contribution >= 0.6 is 11.3 Å². The summed E-state index contributed by atoms with van der Waals surface area (Å²) in [6.07, 6.45) is 2.52. The number of nitro groups is 1. The lowest BCUT2D eigenvalue weighted by molar-refractivity contribution is -0.384. The molecule has 2 heterocycles. The molecule has 0 amide bonds. The number of rotatable bonds is 6. The zero-order chi connectivity index (χ0) is 21.8. The third-order valence-electron chi connectivity index (χ3n) is 5.21. The van der Waals surface area contributed by atoms with E-state index >= 15 is 0 Å². The van der Waals surface area contributed by atoms with Gasteiger partial charge in [-0.1, -0.05) is 30.3 Å². The molecule has 0 spiro atoms. The smallest absolute Gasteiger partial charge is 0.294 e. The van der Waals surface area contributed by atoms with E-state index in [0.29, 0.717) is 12.2 Å². The average molecular weight is 431 g/mol. The predicted molar refractivity (Wildman–Crippen MR) is 123 cm³/mol. The fourth-order valence-electron chi connectivity index (χ4n) is 3.35. The number of hydrogen-bond donors (Lipinski definition) is 0. The van der Waals surface area contributed by atoms with Crippen molar-refractivity contribution in [3.63, 3.8) is 0 Å². The van der Waals surface area contributed by atoms with E-state index in [1.165, 1.54) is 28.5 Å². The summed E-state index contributed by atoms with van der Waals surface area (Å²) in [5.41, 5.74) is 5.95. The molecule has 4 rings (SSSR count). The molecular weight excluding hydrogens is 408 g/mol. The van der Waals surface area contributed by atoms with Crippen LogP contribution in [0.15, 0.2) is 77.2 Å². The number of nitro benzene ring substituents is 1. The lowest BCUT2D eigenvalue weighted by atomic mass is 10.0. The highest BCUT2D eigenvalue weighted by Crippen LogP contribution is 2.27. The van der Waals surface area contributed by atoms with Gasteiger partial charge in [-0.2, -0.15) is 0 Å². The average Bonchev–Trinajstić information content (AvgIpc) is 3.17. The van der Waals surface area contributed by atoms with Gasteiger partial charge in [-0.25, -0.2) is 4.99 Å². The number of benzene rings is 2. The molecule has 0 atom stereocenters. The van der Waals surface area contributed by atoms with Crippen molar-refractivity contribution in [1.29, 1.82) is 0 Å². The van der Waals surface area contributed by atoms with E-state index in [1.807, 2.05) is 18.2 Å². The molecule has 0 bridgehead atoms. The third kappa shape index (κ3) is 4.62. The number of nitrogens with zero attached hydrogens (tertiary/aromatic N) is 4. The van der Waals surface area contributed by atoms with Crippen molar-refractivity contribution in [2.45, 2.75) is 26.8 Å². The van der Waals surface area contributed by atoms with Gasteiger partial charge in [0.05, 0.1) is 10.6 Å². The normalized spacial score (nSPS) is 11.6. The topological polar surface area (TPSA) is 73.3 Å². The molecule has 4 aromatic rings. The lowest BCUT2D eigenvalue weighted by Crippen LogP contribution is -2.17. The molecule has 0 radical (unpaired) electrons. The van der Waals surface area contributed by atoms with E-state index in [1.54, 1.807) is 24.4 Å². The van der Waals surface area contributed by atoms with Gasteiger partial charge in [0.25, 0.3) is 5.69 Å². The van der Waals surface area contributed by atoms with Gasteiger partial charge in [0.15, 0.2) is 4.80 Å². The number of pyridine rings is 1. The Labute approximate surface area is 184 Å². The number of hydrogen-bond acceptors (Lipinski definition) is 5. The van der Waals surface area contributed by atoms with Crippen LogP contribution in [0.4, 0.5) is 11.4 Å². The molecule has 0 saturated carbocycles. The van der Waals surface area contributed by atoms with E-state index in [4.69, 9.17) is 0 Å². The third-order valence-corrected chi connectivity index (χ3v) is 6.08. The SMILES string of the molecule is Cc1ccc(-c2csc(=Nc3ccccc3[N+](=O)[O-])n2CCc2ccccn2)cc1C. The number of para-hydroxylation sites is 2. The highest BCUT2D eigenvalue weighted by molar-refractivity contribution is 7.07. The number of aryl methyl sites for hydroxylation is 3. The van der Waals surface area contributed by atoms with Crippen molar-refractivity contribution < 1.29 is 4.92 Å². The highest BCUT2D eigenvalue weighted by atomic mass is 32.1. The van der Waals surface area contributed by atoms with Gasteiger partial charge in [-0.3, -0.25) is 15.1 Å². The second kappa shape index (κ2) is 9.06. The molecule has 0 unspecified atom stereocenters. The molecule has 0 saturated heterocycles. The minimum absolute atomic E-state index is 0.0000867. The summed E-state index contributed by atoms with van der Waals surface area (Å²) in [5.74, 6) is 0. The molecule has 0 aliphatic heterocycles. The van der Waals surface area contributed by atoms with Gasteiger partial charge in [-0.05, 0) is 54.8 Å². The quantitative estimate of drug-likeness (QED) is 0.295. The standard InChI is InChI=1S/C24H22N4O2S/c1-17-10-11-19(15-18(17)2)23-16-31-24(26-21-8-3-4-9-22(21)28(29)30)27(23)14-12-20-7-5-6-13-25-20/h3-11,13,15-16H,12,14H2,1-2H3. The van der Waals surface area contributed by atoms with Gasteiger partial charge in [0.2, 0.25) is 0 Å². The van der Waals surface area contributed by atoms with Gasteiger partial charge in [0.1, 0.15) is 5.69 Å². The van der Waals surface area contributed by atoms with Crippen LogP contribution in [0.2, 0.25) is 0 Å². The maximum atomic E-state index is 11.4. The van der Waals surface area contributed by atoms with Crippen LogP contribution in [-0.4, -0.2) is 14.5 Å². The summed E-state index contributed by atoms with van der Waals surface area (Å²) in [4.78, 5) is 20.9. The Balaban J connectivity index is 1.82. The van der Waals surface area contributed by atoms with Crippen LogP contribution in [0, 0.1) is 24.0 Å². The van der Waals surface area contributed by atoms with E-state index < -0.39 is 4.92 Å². The summed E-state index contributed by atoms with van der Waals surface area (Å²) in [6.45, 7) is 4.86. The Hall–Kier alpha value is -3.58. The molecule has 31 heavy (non-hydrogen) atoms. The Bertz CT molecular complexity index is 1290. The van der Waals surface area contributed by atoms with E-state index in [9.17, 15) is 10.1 Å². The molecule has 6 nitrogen and oxygen atoms in total. The Kier molecular flexibility index (Phi) is 6.04. The second-order valence-corrected chi connectivity index (χ2v) is 8.12. The highest BCUT2D eigenvalue weighted by Gasteiger charge is 2.14. The Morgan fingerprint density at radius 3 is 2.61 bits per heavy atom. The number of aromatic nitrogens is 2. The minimum Gasteiger partial charge on any atom is -0.316 e. The molecule has 2 aromatic heterocycles. The van der Waals surface area contributed by atoms with E-state index in [2.05, 4.69) is 52.0 Å². The summed E-state index contributed by atoms with van der Waals surface area (Å²) in [6, 6.07) is 18.8. The molecule has 0 N–H and O–H groups in total. The molecule has 0 fully saturated rings. The first-order chi connectivity index (χ1) is 15.0. The predicted octanol–water partition coefficient (Wildman–Crippen LogP) is 5.61. The summed E-state index contributed by atoms with van der Waals surface area (Å²) >= 11 is 1.48. The Morgan fingerprint density at radius 2 is 1.87 bits per heavy atom. The van der Waals surface area contributed by atoms with Crippen molar-refractivity contribution in [1.82, 2.24) is 9.55 Å². The van der Waals surface area contributed by atoms with Crippen molar-refractivity contribution in [3.05, 3.63) is 104 Å². The first-order valence-electron chi connectivity index (χ1n) is 9.97. The maximum Gasteiger partial charge on any atom is 0.294 e. The minimum atomic E-state index is -0.394. The van der Waals surface area contributed by atoms with Crippen LogP contribution in [0.5, 0.6) is 0 Å². The summed E-state index contributed by atoms with van der Waals surface area (Å²) in [7, 11) is 0. The summed E-state index contributed by atoms with van der Waals surface area (Å²) in [5, 5.41) is 13.5. The van der Waals surface area contributed by atoms with Crippen molar-refractivity contribution in [3.8, 4) is 11.3 Å². The van der Waals surface area contributed by atoms with Gasteiger partial charge in [0, 0.05) is 36.3 Å². The molecule has 0 aliphatic rings. The van der Waals surface area contributed by atoms with Crippen LogP contribution in [0.25, 0.3) is 11.3 Å². The first kappa shape index (κ1) is 20.7. The molecular formula is C24H22N4O2S. The zero-order valence-electron chi connectivity index (χ0n) is 17.4. The second-order valence-electron chi connectivity index (χ2n) is 7.28. The van der Waals surface area contributed by atoms with Crippen molar-refractivity contribution in [2.24, 2.45) is 4.99 Å². The van der Waals surface area contributed by atoms with Gasteiger partial charge in [-0.15, -0.1) is 11.3 Å². The maximum absolute atomic E-state index is 11.4. The fourth-order valence-corrected chi connectivity index (χ4v) is 4.30. The van der Waals surface area contributed by atoms with Crippen LogP contribution < -0.4 is 4.80 Å². The Morgan fingerprint density at radius 1 is 1.06 bits per heavy atom. The van der Waals surface area contributed by atoms with Crippen LogP contribution in [-0.2, 0) is 13.0 Å². The van der Waals surface area contributed by atoms with Crippen LogP contribution in [0.3, 0.4) is 0 Å². The van der Waals surface area contributed by atoms with Gasteiger partial charge >= 0.3 is 0 Å².